The fraction of sp³-hybridized carbons (Fsp3) is 0.133. The number of ether oxygens (including phenoxy) is 3. The number of hydrogen-bond donors (Lipinski definition) is 0. The van der Waals surface area contributed by atoms with E-state index in [-0.39, 0.29) is 5.56 Å². The molecule has 0 fully saturated rings. The second-order valence-corrected chi connectivity index (χ2v) is 8.95. The summed E-state index contributed by atoms with van der Waals surface area (Å²) in [6, 6.07) is 20.8. The van der Waals surface area contributed by atoms with Gasteiger partial charge < -0.3 is 14.2 Å². The summed E-state index contributed by atoms with van der Waals surface area (Å²) in [5.74, 6) is 2.15. The van der Waals surface area contributed by atoms with Crippen molar-refractivity contribution in [2.24, 2.45) is 0 Å². The first-order valence-electron chi connectivity index (χ1n) is 11.6. The van der Waals surface area contributed by atoms with Crippen LogP contribution in [0.3, 0.4) is 0 Å². The Morgan fingerprint density at radius 1 is 0.811 bits per heavy atom. The Bertz CT molecular complexity index is 1740. The first-order valence-corrected chi connectivity index (χ1v) is 12.0. The normalized spacial score (nSPS) is 11.4. The van der Waals surface area contributed by atoms with Gasteiger partial charge >= 0.3 is 0 Å². The smallest absolute Gasteiger partial charge is 0.266 e. The number of nitrogens with zero attached hydrogens (tertiary/aromatic N) is 2. The Kier molecular flexibility index (Phi) is 6.59. The van der Waals surface area contributed by atoms with E-state index in [4.69, 9.17) is 30.8 Å². The maximum atomic E-state index is 13.9. The molecule has 6 nitrogen and oxygen atoms in total. The maximum Gasteiger partial charge on any atom is 0.266 e. The van der Waals surface area contributed by atoms with Gasteiger partial charge in [0, 0.05) is 16.7 Å². The van der Waals surface area contributed by atoms with Gasteiger partial charge in [-0.2, -0.15) is 0 Å². The van der Waals surface area contributed by atoms with Gasteiger partial charge in [-0.25, -0.2) is 4.98 Å². The molecule has 0 spiro atoms. The van der Waals surface area contributed by atoms with Crippen LogP contribution < -0.4 is 19.8 Å². The van der Waals surface area contributed by atoms with Crippen molar-refractivity contribution in [3.63, 3.8) is 0 Å². The third kappa shape index (κ3) is 4.52. The number of aromatic nitrogens is 2. The molecule has 0 radical (unpaired) electrons. The summed E-state index contributed by atoms with van der Waals surface area (Å²) < 4.78 is 18.0. The number of rotatable bonds is 6. The minimum Gasteiger partial charge on any atom is -0.496 e. The number of aryl methyl sites for hydroxylation is 1. The minimum atomic E-state index is -0.186. The van der Waals surface area contributed by atoms with Crippen LogP contribution in [-0.2, 0) is 0 Å². The van der Waals surface area contributed by atoms with Crippen molar-refractivity contribution in [2.45, 2.75) is 6.92 Å². The molecule has 0 atom stereocenters. The molecule has 0 unspecified atom stereocenters. The van der Waals surface area contributed by atoms with Gasteiger partial charge in [-0.3, -0.25) is 9.36 Å². The third-order valence-electron chi connectivity index (χ3n) is 6.32. The summed E-state index contributed by atoms with van der Waals surface area (Å²) in [4.78, 5) is 18.8. The van der Waals surface area contributed by atoms with Crippen LogP contribution in [0.25, 0.3) is 39.5 Å². The van der Waals surface area contributed by atoms with Gasteiger partial charge in [-0.1, -0.05) is 41.9 Å². The largest absolute Gasteiger partial charge is 0.496 e. The number of hydrogen-bond acceptors (Lipinski definition) is 5. The SMILES string of the molecule is COc1cc(OC)c(OC)cc1C=Cc1nc2cc3ccccc3cc2c(=O)n1-c1ccc(C)c(Cl)c1. The Morgan fingerprint density at radius 2 is 1.49 bits per heavy atom. The quantitative estimate of drug-likeness (QED) is 0.237. The molecule has 1 aromatic heterocycles. The maximum absolute atomic E-state index is 13.9. The lowest BCUT2D eigenvalue weighted by Gasteiger charge is -2.14. The summed E-state index contributed by atoms with van der Waals surface area (Å²) in [7, 11) is 4.73. The lowest BCUT2D eigenvalue weighted by molar-refractivity contribution is 0.348. The first-order chi connectivity index (χ1) is 17.9. The van der Waals surface area contributed by atoms with Gasteiger partial charge in [-0.05, 0) is 65.7 Å². The molecule has 0 saturated carbocycles. The van der Waals surface area contributed by atoms with E-state index in [2.05, 4.69) is 0 Å². The summed E-state index contributed by atoms with van der Waals surface area (Å²) in [5.41, 5.74) is 2.71. The molecule has 5 rings (SSSR count). The van der Waals surface area contributed by atoms with E-state index in [1.807, 2.05) is 67.6 Å². The van der Waals surface area contributed by atoms with E-state index in [0.717, 1.165) is 21.9 Å². The standard InChI is InChI=1S/C30H25ClN2O4/c1-18-9-11-22(16-24(18)31)33-29(12-10-21-15-27(36-3)28(37-4)17-26(21)35-2)32-25-14-20-8-6-5-7-19(20)13-23(25)30(33)34/h5-17H,1-4H3. The summed E-state index contributed by atoms with van der Waals surface area (Å²) in [5, 5.41) is 3.08. The van der Waals surface area contributed by atoms with Gasteiger partial charge in [0.1, 0.15) is 11.6 Å². The predicted molar refractivity (Wildman–Crippen MR) is 150 cm³/mol. The van der Waals surface area contributed by atoms with Crippen LogP contribution in [0.15, 0.2) is 71.5 Å². The van der Waals surface area contributed by atoms with Crippen molar-refractivity contribution < 1.29 is 14.2 Å². The van der Waals surface area contributed by atoms with Crippen molar-refractivity contribution in [3.8, 4) is 22.9 Å². The highest BCUT2D eigenvalue weighted by Crippen LogP contribution is 2.35. The van der Waals surface area contributed by atoms with E-state index >= 15 is 0 Å². The van der Waals surface area contributed by atoms with Gasteiger partial charge in [0.25, 0.3) is 5.56 Å². The van der Waals surface area contributed by atoms with Crippen molar-refractivity contribution in [3.05, 3.63) is 99.1 Å². The molecule has 7 heteroatoms. The van der Waals surface area contributed by atoms with Crippen molar-refractivity contribution in [1.82, 2.24) is 9.55 Å². The number of benzene rings is 4. The number of halogens is 1. The summed E-state index contributed by atoms with van der Waals surface area (Å²) >= 11 is 6.44. The highest BCUT2D eigenvalue weighted by molar-refractivity contribution is 6.31. The van der Waals surface area contributed by atoms with E-state index in [1.54, 1.807) is 44.1 Å². The van der Waals surface area contributed by atoms with Crippen LogP contribution in [0, 0.1) is 6.92 Å². The Morgan fingerprint density at radius 3 is 2.16 bits per heavy atom. The fourth-order valence-electron chi connectivity index (χ4n) is 4.32. The molecular formula is C30H25ClN2O4. The molecule has 0 amide bonds. The van der Waals surface area contributed by atoms with E-state index < -0.39 is 0 Å². The van der Waals surface area contributed by atoms with Gasteiger partial charge in [0.05, 0.1) is 37.9 Å². The second-order valence-electron chi connectivity index (χ2n) is 8.54. The fourth-order valence-corrected chi connectivity index (χ4v) is 4.49. The van der Waals surface area contributed by atoms with Crippen molar-refractivity contribution >= 4 is 45.4 Å². The van der Waals surface area contributed by atoms with Crippen LogP contribution in [0.2, 0.25) is 5.02 Å². The molecule has 5 aromatic rings. The molecular weight excluding hydrogens is 488 g/mol. The first kappa shape index (κ1) is 24.4. The van der Waals surface area contributed by atoms with Gasteiger partial charge in [0.15, 0.2) is 11.5 Å². The second kappa shape index (κ2) is 9.99. The monoisotopic (exact) mass is 512 g/mol. The zero-order valence-corrected chi connectivity index (χ0v) is 21.7. The zero-order chi connectivity index (χ0) is 26.1. The van der Waals surface area contributed by atoms with Crippen molar-refractivity contribution in [2.75, 3.05) is 21.3 Å². The minimum absolute atomic E-state index is 0.186. The Labute approximate surface area is 219 Å². The van der Waals surface area contributed by atoms with Crippen LogP contribution in [-0.4, -0.2) is 30.9 Å². The topological polar surface area (TPSA) is 62.6 Å². The van der Waals surface area contributed by atoms with E-state index in [0.29, 0.717) is 44.7 Å². The lowest BCUT2D eigenvalue weighted by Crippen LogP contribution is -2.22. The average molecular weight is 513 g/mol. The molecule has 0 aliphatic heterocycles. The summed E-state index contributed by atoms with van der Waals surface area (Å²) in [6.07, 6.45) is 3.62. The molecule has 0 N–H and O–H groups in total. The zero-order valence-electron chi connectivity index (χ0n) is 20.9. The van der Waals surface area contributed by atoms with E-state index in [1.165, 1.54) is 0 Å². The molecule has 0 saturated heterocycles. The molecule has 37 heavy (non-hydrogen) atoms. The molecule has 0 aliphatic carbocycles. The molecule has 4 aromatic carbocycles. The van der Waals surface area contributed by atoms with Gasteiger partial charge in [-0.15, -0.1) is 0 Å². The Hall–Kier alpha value is -4.29. The molecule has 186 valence electrons. The molecule has 0 bridgehead atoms. The molecule has 0 aliphatic rings. The predicted octanol–water partition coefficient (Wildman–Crippen LogP) is 6.70. The summed E-state index contributed by atoms with van der Waals surface area (Å²) in [6.45, 7) is 1.92. The van der Waals surface area contributed by atoms with E-state index in [9.17, 15) is 4.79 Å². The highest BCUT2D eigenvalue weighted by atomic mass is 35.5. The van der Waals surface area contributed by atoms with Crippen LogP contribution in [0.5, 0.6) is 17.2 Å². The average Bonchev–Trinajstić information content (AvgIpc) is 2.92. The molecule has 1 heterocycles. The van der Waals surface area contributed by atoms with Gasteiger partial charge in [0.2, 0.25) is 0 Å². The number of fused-ring (bicyclic) bond motifs is 2. The lowest BCUT2D eigenvalue weighted by atomic mass is 10.1. The number of methoxy groups -OCH3 is 3. The Balaban J connectivity index is 1.77. The van der Waals surface area contributed by atoms with Crippen LogP contribution in [0.4, 0.5) is 0 Å². The van der Waals surface area contributed by atoms with Crippen molar-refractivity contribution in [1.29, 1.82) is 0 Å². The van der Waals surface area contributed by atoms with Crippen LogP contribution >= 0.6 is 11.6 Å². The third-order valence-corrected chi connectivity index (χ3v) is 6.73. The highest BCUT2D eigenvalue weighted by Gasteiger charge is 2.15. The van der Waals surface area contributed by atoms with Crippen LogP contribution in [0.1, 0.15) is 17.0 Å².